The fourth-order valence-corrected chi connectivity index (χ4v) is 4.90. The van der Waals surface area contributed by atoms with Crippen molar-refractivity contribution in [2.75, 3.05) is 36.1 Å². The molecule has 0 N–H and O–H groups in total. The lowest BCUT2D eigenvalue weighted by Gasteiger charge is -2.27. The van der Waals surface area contributed by atoms with E-state index in [-0.39, 0.29) is 17.5 Å². The predicted octanol–water partition coefficient (Wildman–Crippen LogP) is 1.04. The first-order valence-electron chi connectivity index (χ1n) is 8.21. The molecule has 3 rings (SSSR count). The van der Waals surface area contributed by atoms with Crippen molar-refractivity contribution in [2.45, 2.75) is 6.04 Å². The lowest BCUT2D eigenvalue weighted by atomic mass is 10.2. The average molecular weight is 410 g/mol. The summed E-state index contributed by atoms with van der Waals surface area (Å²) in [5.41, 5.74) is 0.511. The first kappa shape index (κ1) is 19.4. The number of benzene rings is 1. The number of esters is 1. The molecule has 0 aromatic heterocycles. The van der Waals surface area contributed by atoms with Crippen molar-refractivity contribution in [3.8, 4) is 0 Å². The molecule has 0 saturated carbocycles. The summed E-state index contributed by atoms with van der Waals surface area (Å²) in [6.07, 6.45) is 1.45. The van der Waals surface area contributed by atoms with Crippen molar-refractivity contribution >= 4 is 44.4 Å². The van der Waals surface area contributed by atoms with Gasteiger partial charge in [0.25, 0.3) is 11.1 Å². The molecule has 0 unspecified atom stereocenters. The summed E-state index contributed by atoms with van der Waals surface area (Å²) in [4.78, 5) is 38.8. The second-order valence-electron chi connectivity index (χ2n) is 6.02. The zero-order chi connectivity index (χ0) is 19.4. The summed E-state index contributed by atoms with van der Waals surface area (Å²) >= 11 is 1.13. The number of hydrogen-bond acceptors (Lipinski definition) is 7. The molecule has 0 radical (unpaired) electrons. The number of thioether (sulfide) groups is 1. The highest BCUT2D eigenvalue weighted by atomic mass is 32.2. The number of rotatable bonds is 6. The number of nitrogens with zero attached hydrogens (tertiary/aromatic N) is 2. The van der Waals surface area contributed by atoms with Crippen molar-refractivity contribution in [3.63, 3.8) is 0 Å². The Kier molecular flexibility index (Phi) is 5.85. The maximum absolute atomic E-state index is 12.7. The second kappa shape index (κ2) is 8.13. The normalized spacial score (nSPS) is 20.7. The molecule has 0 bridgehead atoms. The lowest BCUT2D eigenvalue weighted by molar-refractivity contribution is -0.148. The van der Waals surface area contributed by atoms with E-state index in [4.69, 9.17) is 4.74 Å². The van der Waals surface area contributed by atoms with Crippen LogP contribution in [0.15, 0.2) is 41.8 Å². The molecule has 1 fully saturated rings. The van der Waals surface area contributed by atoms with Crippen LogP contribution in [0.2, 0.25) is 0 Å². The van der Waals surface area contributed by atoms with Crippen LogP contribution in [0, 0.1) is 0 Å². The molecule has 10 heteroatoms. The Hall–Kier alpha value is -2.33. The van der Waals surface area contributed by atoms with Crippen LogP contribution < -0.4 is 4.90 Å². The molecular formula is C17H18N2O6S2. The molecule has 1 aromatic rings. The topological polar surface area (TPSA) is 101 Å². The molecule has 8 nitrogen and oxygen atoms in total. The van der Waals surface area contributed by atoms with Crippen LogP contribution >= 0.6 is 11.8 Å². The zero-order valence-corrected chi connectivity index (χ0v) is 15.9. The highest BCUT2D eigenvalue weighted by Crippen LogP contribution is 2.23. The van der Waals surface area contributed by atoms with E-state index in [1.807, 2.05) is 0 Å². The van der Waals surface area contributed by atoms with Gasteiger partial charge in [-0.3, -0.25) is 14.4 Å². The first-order chi connectivity index (χ1) is 12.9. The average Bonchev–Trinajstić information content (AvgIpc) is 3.19. The highest BCUT2D eigenvalue weighted by molar-refractivity contribution is 8.13. The number of anilines is 1. The van der Waals surface area contributed by atoms with E-state index in [9.17, 15) is 22.8 Å². The van der Waals surface area contributed by atoms with Gasteiger partial charge < -0.3 is 14.5 Å². The fourth-order valence-electron chi connectivity index (χ4n) is 2.81. The van der Waals surface area contributed by atoms with Crippen LogP contribution in [-0.4, -0.2) is 67.7 Å². The van der Waals surface area contributed by atoms with Crippen LogP contribution in [-0.2, 0) is 24.2 Å². The van der Waals surface area contributed by atoms with Crippen molar-refractivity contribution in [2.24, 2.45) is 0 Å². The Bertz CT molecular complexity index is 869. The molecule has 144 valence electrons. The maximum Gasteiger partial charge on any atom is 0.326 e. The Balaban J connectivity index is 1.65. The molecule has 1 atom stereocenters. The highest BCUT2D eigenvalue weighted by Gasteiger charge is 2.32. The number of amides is 2. The Morgan fingerprint density at radius 1 is 1.26 bits per heavy atom. The van der Waals surface area contributed by atoms with Crippen molar-refractivity contribution in [1.82, 2.24) is 4.90 Å². The number of hydrogen-bond donors (Lipinski definition) is 0. The van der Waals surface area contributed by atoms with Gasteiger partial charge in [0.1, 0.15) is 6.54 Å². The van der Waals surface area contributed by atoms with E-state index in [1.165, 1.54) is 15.9 Å². The van der Waals surface area contributed by atoms with Gasteiger partial charge in [0, 0.05) is 23.4 Å². The van der Waals surface area contributed by atoms with Crippen molar-refractivity contribution in [1.29, 1.82) is 0 Å². The largest absolute Gasteiger partial charge is 0.454 e. The Morgan fingerprint density at radius 3 is 2.59 bits per heavy atom. The fraction of sp³-hybridized carbons (Fsp3) is 0.353. The Morgan fingerprint density at radius 2 is 2.00 bits per heavy atom. The number of carbonyl (C=O) groups is 3. The number of sulfone groups is 1. The minimum absolute atomic E-state index is 0.189. The van der Waals surface area contributed by atoms with Crippen LogP contribution in [0.5, 0.6) is 0 Å². The summed E-state index contributed by atoms with van der Waals surface area (Å²) in [6.45, 7) is -0.275. The van der Waals surface area contributed by atoms with E-state index < -0.39 is 34.4 Å². The molecule has 0 aliphatic carbocycles. The molecule has 27 heavy (non-hydrogen) atoms. The predicted molar refractivity (Wildman–Crippen MR) is 101 cm³/mol. The first-order valence-corrected chi connectivity index (χ1v) is 10.9. The van der Waals surface area contributed by atoms with Crippen LogP contribution in [0.3, 0.4) is 0 Å². The summed E-state index contributed by atoms with van der Waals surface area (Å²) in [5, 5.41) is 0.897. The molecule has 2 aliphatic rings. The van der Waals surface area contributed by atoms with Gasteiger partial charge in [-0.25, -0.2) is 8.42 Å². The van der Waals surface area contributed by atoms with E-state index in [0.29, 0.717) is 18.0 Å². The van der Waals surface area contributed by atoms with Crippen LogP contribution in [0.1, 0.15) is 0 Å². The number of para-hydroxylation sites is 1. The van der Waals surface area contributed by atoms with E-state index >= 15 is 0 Å². The van der Waals surface area contributed by atoms with Gasteiger partial charge >= 0.3 is 5.97 Å². The van der Waals surface area contributed by atoms with Gasteiger partial charge in [-0.1, -0.05) is 30.0 Å². The number of ether oxygens (including phenoxy) is 1. The monoisotopic (exact) mass is 410 g/mol. The summed E-state index contributed by atoms with van der Waals surface area (Å²) in [7, 11) is -3.36. The maximum atomic E-state index is 12.7. The van der Waals surface area contributed by atoms with Crippen LogP contribution in [0.4, 0.5) is 10.5 Å². The third-order valence-electron chi connectivity index (χ3n) is 4.07. The lowest BCUT2D eigenvalue weighted by Crippen LogP contribution is -2.44. The molecular weight excluding hydrogens is 392 g/mol. The number of carbonyl (C=O) groups excluding carboxylic acids is 3. The van der Waals surface area contributed by atoms with Gasteiger partial charge in [0.2, 0.25) is 0 Å². The molecule has 0 spiro atoms. The van der Waals surface area contributed by atoms with E-state index in [1.54, 1.807) is 30.3 Å². The molecule has 1 aromatic carbocycles. The molecule has 1 saturated heterocycles. The quantitative estimate of drug-likeness (QED) is 0.646. The van der Waals surface area contributed by atoms with Crippen LogP contribution in [0.25, 0.3) is 0 Å². The summed E-state index contributed by atoms with van der Waals surface area (Å²) in [6, 6.07) is 7.92. The van der Waals surface area contributed by atoms with Gasteiger partial charge in [-0.05, 0) is 18.2 Å². The standard InChI is InChI=1S/C17H18N2O6S2/c20-15(11-25-16(21)10-18-7-8-26-17(18)22)19(13-4-2-1-3-5-13)14-6-9-27(23,24)12-14/h1-6,9,14H,7-8,10-12H2/t14-/m1/s1. The molecule has 2 aliphatic heterocycles. The van der Waals surface area contributed by atoms with Gasteiger partial charge in [-0.2, -0.15) is 0 Å². The van der Waals surface area contributed by atoms with Gasteiger partial charge in [0.05, 0.1) is 11.8 Å². The summed E-state index contributed by atoms with van der Waals surface area (Å²) in [5.74, 6) is -0.818. The smallest absolute Gasteiger partial charge is 0.326 e. The van der Waals surface area contributed by atoms with E-state index in [0.717, 1.165) is 17.2 Å². The minimum Gasteiger partial charge on any atom is -0.454 e. The SMILES string of the molecule is O=C(CN1CCSC1=O)OCC(=O)N(c1ccccc1)[C@@H]1C=CS(=O)(=O)C1. The third-order valence-corrected chi connectivity index (χ3v) is 6.34. The Labute approximate surface area is 161 Å². The van der Waals surface area contributed by atoms with Gasteiger partial charge in [-0.15, -0.1) is 0 Å². The van der Waals surface area contributed by atoms with Crippen molar-refractivity contribution < 1.29 is 27.5 Å². The van der Waals surface area contributed by atoms with Gasteiger partial charge in [0.15, 0.2) is 16.4 Å². The van der Waals surface area contributed by atoms with Crippen molar-refractivity contribution in [3.05, 3.63) is 41.8 Å². The second-order valence-corrected chi connectivity index (χ2v) is 9.00. The molecule has 2 heterocycles. The van der Waals surface area contributed by atoms with E-state index in [2.05, 4.69) is 0 Å². The molecule has 2 amide bonds. The third kappa shape index (κ3) is 4.89. The minimum atomic E-state index is -3.36. The summed E-state index contributed by atoms with van der Waals surface area (Å²) < 4.78 is 28.5. The zero-order valence-electron chi connectivity index (χ0n) is 14.3.